The molecule has 0 spiro atoms. The van der Waals surface area contributed by atoms with Crippen molar-refractivity contribution in [3.63, 3.8) is 0 Å². The summed E-state index contributed by atoms with van der Waals surface area (Å²) in [5.41, 5.74) is 0.0341. The summed E-state index contributed by atoms with van der Waals surface area (Å²) < 4.78 is 44.5. The van der Waals surface area contributed by atoms with Crippen LogP contribution in [-0.2, 0) is 57.1 Å². The Labute approximate surface area is 505 Å². The molecule has 0 aliphatic heterocycles. The van der Waals surface area contributed by atoms with Gasteiger partial charge in [-0.05, 0) is 215 Å². The van der Waals surface area contributed by atoms with Crippen molar-refractivity contribution in [2.75, 3.05) is 33.6 Å². The second-order valence-corrected chi connectivity index (χ2v) is 30.4. The lowest BCUT2D eigenvalue weighted by Crippen LogP contribution is -2.40. The Morgan fingerprint density at radius 2 is 0.878 bits per heavy atom. The first-order valence-corrected chi connectivity index (χ1v) is 31.1. The van der Waals surface area contributed by atoms with Gasteiger partial charge in [0.25, 0.3) is 0 Å². The Bertz CT molecular complexity index is 1950. The van der Waals surface area contributed by atoms with Gasteiger partial charge in [0.15, 0.2) is 26.7 Å². The molecule has 82 heavy (non-hydrogen) atoms. The van der Waals surface area contributed by atoms with Gasteiger partial charge in [0.05, 0.1) is 47.1 Å². The average molecular weight is 1170 g/mol. The number of hydrogen-bond acceptors (Lipinski definition) is 12. The second kappa shape index (κ2) is 31.6. The van der Waals surface area contributed by atoms with Crippen LogP contribution in [0.1, 0.15) is 297 Å². The fourth-order valence-corrected chi connectivity index (χ4v) is 13.8. The summed E-state index contributed by atoms with van der Waals surface area (Å²) in [6.45, 7) is 45.6. The summed E-state index contributed by atoms with van der Waals surface area (Å²) in [6, 6.07) is 0. The predicted molar refractivity (Wildman–Crippen MR) is 336 cm³/mol. The molecular weight excluding hydrogens is 1030 g/mol. The fourth-order valence-electron chi connectivity index (χ4n) is 13.8. The zero-order valence-electron chi connectivity index (χ0n) is 53.9. The summed E-state index contributed by atoms with van der Waals surface area (Å²) >= 11 is 0. The van der Waals surface area contributed by atoms with Crippen molar-refractivity contribution in [1.29, 1.82) is 0 Å². The molecule has 0 amide bonds. The van der Waals surface area contributed by atoms with Gasteiger partial charge in [0.1, 0.15) is 0 Å². The van der Waals surface area contributed by atoms with Crippen LogP contribution in [0, 0.1) is 77.8 Å². The Morgan fingerprint density at radius 1 is 0.476 bits per heavy atom. The van der Waals surface area contributed by atoms with Gasteiger partial charge in [-0.15, -0.1) is 0 Å². The normalized spacial score (nSPS) is 29.9. The lowest BCUT2D eigenvalue weighted by molar-refractivity contribution is -0.206. The third-order valence-electron chi connectivity index (χ3n) is 23.0. The van der Waals surface area contributed by atoms with E-state index in [0.29, 0.717) is 22.9 Å². The summed E-state index contributed by atoms with van der Waals surface area (Å²) in [5, 5.41) is 0. The van der Waals surface area contributed by atoms with Crippen LogP contribution in [0.2, 0.25) is 0 Å². The predicted octanol–water partition coefficient (Wildman–Crippen LogP) is 18.9. The third kappa shape index (κ3) is 18.9. The first-order valence-electron chi connectivity index (χ1n) is 31.1. The molecule has 7 rings (SSSR count). The third-order valence-corrected chi connectivity index (χ3v) is 23.0. The van der Waals surface area contributed by atoms with Crippen molar-refractivity contribution < 1.29 is 57.1 Å². The molecule has 10 atom stereocenters. The monoisotopic (exact) mass is 1170 g/mol. The van der Waals surface area contributed by atoms with E-state index in [9.17, 15) is 19.2 Å². The maximum atomic E-state index is 12.1. The van der Waals surface area contributed by atoms with Crippen molar-refractivity contribution in [3.05, 3.63) is 0 Å². The van der Waals surface area contributed by atoms with Crippen molar-refractivity contribution in [2.24, 2.45) is 77.8 Å². The minimum absolute atomic E-state index is 0. The lowest BCUT2D eigenvalue weighted by atomic mass is 9.70. The van der Waals surface area contributed by atoms with E-state index in [-0.39, 0.29) is 102 Å². The van der Waals surface area contributed by atoms with Crippen LogP contribution in [-0.4, -0.2) is 76.0 Å². The first kappa shape index (κ1) is 79.7. The van der Waals surface area contributed by atoms with Crippen LogP contribution >= 0.6 is 0 Å². The molecule has 12 heteroatoms. The van der Waals surface area contributed by atoms with Crippen LogP contribution in [0.5, 0.6) is 0 Å². The highest BCUT2D eigenvalue weighted by Crippen LogP contribution is 2.67. The zero-order valence-corrected chi connectivity index (χ0v) is 53.9. The molecule has 0 N–H and O–H groups in total. The SMILES string of the molecule is C.C.C.C.CCC(C)(C)C(=O)OC(C)OC1CC2CCC1(C)C2(C)C.CCC(C)(C)C(=O)OCOC1CC2CCC1(C)C2(C)C.CCC(C)(C)C(=O)OCOCC1(C)CC2CCC1C2.CCC(C)(C)C(=O)OCOCC1(C)CCCCC1. The van der Waals surface area contributed by atoms with Gasteiger partial charge in [-0.25, -0.2) is 0 Å². The molecule has 0 aromatic carbocycles. The molecule has 6 bridgehead atoms. The highest BCUT2D eigenvalue weighted by Gasteiger charge is 2.63. The van der Waals surface area contributed by atoms with Gasteiger partial charge in [-0.2, -0.15) is 0 Å². The largest absolute Gasteiger partial charge is 0.438 e. The van der Waals surface area contributed by atoms with Crippen LogP contribution in [0.25, 0.3) is 0 Å². The quantitative estimate of drug-likeness (QED) is 0.0441. The van der Waals surface area contributed by atoms with E-state index >= 15 is 0 Å². The molecule has 12 nitrogen and oxygen atoms in total. The molecule has 0 saturated heterocycles. The fraction of sp³-hybridized carbons (Fsp3) is 0.943. The molecule has 486 valence electrons. The van der Waals surface area contributed by atoms with Crippen LogP contribution in [0.4, 0.5) is 0 Å². The molecule has 0 aromatic heterocycles. The molecule has 0 heterocycles. The summed E-state index contributed by atoms with van der Waals surface area (Å²) in [6.07, 6.45) is 22.2. The van der Waals surface area contributed by atoms with Crippen LogP contribution < -0.4 is 0 Å². The Kier molecular flexibility index (Phi) is 30.7. The number of rotatable bonds is 22. The second-order valence-electron chi connectivity index (χ2n) is 30.4. The maximum Gasteiger partial charge on any atom is 0.313 e. The standard InChI is InChI=1S/C18H32O3.C17H30O3.C16H28O3.C15H28O3.4CH4/c1-8-16(3,4)15(19)21-12(2)20-14-11-13-9-10-18(14,7)17(13,5)6;1-7-15(2,3)14(18)20-11-19-13-10-12-8-9-17(13,6)16(12,4)5;1-5-15(2,3)14(17)19-11-18-10-16(4)9-12-6-7-13(16)8-12;1-5-14(2,3)13(16)18-12-17-11-15(4)9-7-6-8-10-15;;;;/h12-14H,8-11H2,1-7H3;12-13H,7-11H2,1-6H3;12-13H,5-11H2,1-4H3;5-12H2,1-4H3;4*1H4. The Morgan fingerprint density at radius 3 is 1.24 bits per heavy atom. The van der Waals surface area contributed by atoms with Gasteiger partial charge < -0.3 is 37.9 Å². The van der Waals surface area contributed by atoms with E-state index in [1.54, 1.807) is 0 Å². The molecule has 0 radical (unpaired) electrons. The van der Waals surface area contributed by atoms with E-state index in [2.05, 4.69) is 55.4 Å². The molecule has 0 aromatic rings. The lowest BCUT2D eigenvalue weighted by Gasteiger charge is -2.39. The molecular formula is C70H134O12. The number of hydrogen-bond donors (Lipinski definition) is 0. The summed E-state index contributed by atoms with van der Waals surface area (Å²) in [4.78, 5) is 47.6. The van der Waals surface area contributed by atoms with Gasteiger partial charge in [-0.1, -0.05) is 138 Å². The first-order chi connectivity index (χ1) is 36.0. The smallest absolute Gasteiger partial charge is 0.313 e. The minimum Gasteiger partial charge on any atom is -0.438 e. The van der Waals surface area contributed by atoms with Gasteiger partial charge in [0.2, 0.25) is 0 Å². The molecule has 7 saturated carbocycles. The molecule has 7 fully saturated rings. The molecule has 7 aliphatic rings. The van der Waals surface area contributed by atoms with E-state index in [4.69, 9.17) is 37.9 Å². The van der Waals surface area contributed by atoms with Crippen molar-refractivity contribution in [1.82, 2.24) is 0 Å². The zero-order chi connectivity index (χ0) is 59.0. The van der Waals surface area contributed by atoms with Crippen molar-refractivity contribution >= 4 is 23.9 Å². The topological polar surface area (TPSA) is 142 Å². The van der Waals surface area contributed by atoms with E-state index in [1.165, 1.54) is 83.5 Å². The Hall–Kier alpha value is -2.28. The summed E-state index contributed by atoms with van der Waals surface area (Å²) in [7, 11) is 0. The number of esters is 4. The van der Waals surface area contributed by atoms with Gasteiger partial charge in [0, 0.05) is 0 Å². The minimum atomic E-state index is -0.458. The number of carbonyl (C=O) groups is 4. The number of carbonyl (C=O) groups excluding carboxylic acids is 4. The van der Waals surface area contributed by atoms with Crippen molar-refractivity contribution in [3.8, 4) is 0 Å². The highest BCUT2D eigenvalue weighted by atomic mass is 16.7. The van der Waals surface area contributed by atoms with Crippen LogP contribution in [0.3, 0.4) is 0 Å². The molecule has 10 unspecified atom stereocenters. The highest BCUT2D eigenvalue weighted by molar-refractivity contribution is 5.77. The van der Waals surface area contributed by atoms with E-state index in [0.717, 1.165) is 68.8 Å². The Balaban J connectivity index is 0.00000105. The van der Waals surface area contributed by atoms with E-state index in [1.807, 2.05) is 90.0 Å². The van der Waals surface area contributed by atoms with Gasteiger partial charge >= 0.3 is 23.9 Å². The number of ether oxygens (including phenoxy) is 8. The van der Waals surface area contributed by atoms with E-state index < -0.39 is 27.9 Å². The summed E-state index contributed by atoms with van der Waals surface area (Å²) in [5.74, 6) is 2.58. The van der Waals surface area contributed by atoms with Gasteiger partial charge in [-0.3, -0.25) is 19.2 Å². The average Bonchev–Trinajstić information content (AvgIpc) is 4.36. The maximum absolute atomic E-state index is 12.1. The van der Waals surface area contributed by atoms with Crippen molar-refractivity contribution in [2.45, 2.75) is 316 Å². The molecule has 7 aliphatic carbocycles. The number of fused-ring (bicyclic) bond motifs is 6. The van der Waals surface area contributed by atoms with Crippen LogP contribution in [0.15, 0.2) is 0 Å².